The molecular weight excluding hydrogens is 345 g/mol. The maximum absolute atomic E-state index is 13.0. The van der Waals surface area contributed by atoms with Crippen LogP contribution >= 0.6 is 0 Å². The lowest BCUT2D eigenvalue weighted by atomic mass is 10.2. The summed E-state index contributed by atoms with van der Waals surface area (Å²) in [6.45, 7) is 4.62. The number of morpholine rings is 1. The second-order valence-corrected chi connectivity index (χ2v) is 6.50. The predicted octanol–water partition coefficient (Wildman–Crippen LogP) is 3.61. The lowest BCUT2D eigenvalue weighted by Gasteiger charge is -2.27. The third kappa shape index (κ3) is 4.53. The summed E-state index contributed by atoms with van der Waals surface area (Å²) in [6.07, 6.45) is 1.91. The molecular formula is C21H22FN3O2. The van der Waals surface area contributed by atoms with Gasteiger partial charge in [-0.25, -0.2) is 9.37 Å². The summed E-state index contributed by atoms with van der Waals surface area (Å²) < 4.78 is 24.2. The van der Waals surface area contributed by atoms with E-state index in [0.29, 0.717) is 13.1 Å². The SMILES string of the molecule is Fc1ccc(-c2ccc(CNCc3ccc(N4CCOCC4)nc3)o2)cc1. The summed E-state index contributed by atoms with van der Waals surface area (Å²) >= 11 is 0. The van der Waals surface area contributed by atoms with Crippen molar-refractivity contribution in [2.45, 2.75) is 13.1 Å². The maximum atomic E-state index is 13.0. The van der Waals surface area contributed by atoms with E-state index in [2.05, 4.69) is 27.3 Å². The summed E-state index contributed by atoms with van der Waals surface area (Å²) in [5.74, 6) is 2.33. The van der Waals surface area contributed by atoms with Crippen molar-refractivity contribution in [2.75, 3.05) is 31.2 Å². The Morgan fingerprint density at radius 2 is 1.78 bits per heavy atom. The van der Waals surface area contributed by atoms with E-state index in [1.54, 1.807) is 12.1 Å². The molecule has 140 valence electrons. The second-order valence-electron chi connectivity index (χ2n) is 6.50. The molecule has 1 aliphatic heterocycles. The van der Waals surface area contributed by atoms with Crippen LogP contribution < -0.4 is 10.2 Å². The van der Waals surface area contributed by atoms with Crippen LogP contribution in [0.15, 0.2) is 59.1 Å². The lowest BCUT2D eigenvalue weighted by Crippen LogP contribution is -2.36. The van der Waals surface area contributed by atoms with E-state index in [-0.39, 0.29) is 5.82 Å². The van der Waals surface area contributed by atoms with Gasteiger partial charge in [0.25, 0.3) is 0 Å². The minimum Gasteiger partial charge on any atom is -0.460 e. The Bertz CT molecular complexity index is 856. The number of hydrogen-bond donors (Lipinski definition) is 1. The Balaban J connectivity index is 1.29. The van der Waals surface area contributed by atoms with Gasteiger partial charge in [0, 0.05) is 31.4 Å². The van der Waals surface area contributed by atoms with Crippen LogP contribution in [0.2, 0.25) is 0 Å². The molecule has 1 aliphatic rings. The van der Waals surface area contributed by atoms with Crippen LogP contribution in [0.4, 0.5) is 10.2 Å². The first-order valence-corrected chi connectivity index (χ1v) is 9.11. The Hall–Kier alpha value is -2.70. The van der Waals surface area contributed by atoms with E-state index in [9.17, 15) is 4.39 Å². The molecule has 5 nitrogen and oxygen atoms in total. The van der Waals surface area contributed by atoms with Gasteiger partial charge in [-0.1, -0.05) is 6.07 Å². The van der Waals surface area contributed by atoms with Gasteiger partial charge in [0.05, 0.1) is 19.8 Å². The van der Waals surface area contributed by atoms with E-state index < -0.39 is 0 Å². The summed E-state index contributed by atoms with van der Waals surface area (Å²) in [5.41, 5.74) is 1.99. The Labute approximate surface area is 157 Å². The van der Waals surface area contributed by atoms with Gasteiger partial charge in [-0.05, 0) is 48.0 Å². The van der Waals surface area contributed by atoms with E-state index >= 15 is 0 Å². The zero-order chi connectivity index (χ0) is 18.5. The molecule has 0 saturated carbocycles. The monoisotopic (exact) mass is 367 g/mol. The van der Waals surface area contributed by atoms with Crippen LogP contribution in [-0.4, -0.2) is 31.3 Å². The average Bonchev–Trinajstić information content (AvgIpc) is 3.19. The zero-order valence-electron chi connectivity index (χ0n) is 15.0. The molecule has 0 atom stereocenters. The number of aromatic nitrogens is 1. The van der Waals surface area contributed by atoms with E-state index in [1.807, 2.05) is 18.3 Å². The number of nitrogens with zero attached hydrogens (tertiary/aromatic N) is 2. The smallest absolute Gasteiger partial charge is 0.134 e. The van der Waals surface area contributed by atoms with Gasteiger partial charge in [0.15, 0.2) is 0 Å². The molecule has 0 spiro atoms. The standard InChI is InChI=1S/C21H22FN3O2/c22-18-4-2-17(3-5-18)20-7-6-19(27-20)15-23-13-16-1-8-21(24-14-16)25-9-11-26-12-10-25/h1-8,14,23H,9-13,15H2. The van der Waals surface area contributed by atoms with Crippen molar-refractivity contribution in [2.24, 2.45) is 0 Å². The van der Waals surface area contributed by atoms with Gasteiger partial charge in [0.2, 0.25) is 0 Å². The van der Waals surface area contributed by atoms with Crippen molar-refractivity contribution in [3.05, 3.63) is 71.9 Å². The van der Waals surface area contributed by atoms with Gasteiger partial charge >= 0.3 is 0 Å². The van der Waals surface area contributed by atoms with Gasteiger partial charge in [0.1, 0.15) is 23.2 Å². The van der Waals surface area contributed by atoms with Gasteiger partial charge in [-0.3, -0.25) is 0 Å². The second kappa shape index (κ2) is 8.33. The molecule has 27 heavy (non-hydrogen) atoms. The molecule has 1 aromatic carbocycles. The van der Waals surface area contributed by atoms with Crippen molar-refractivity contribution < 1.29 is 13.5 Å². The number of hydrogen-bond acceptors (Lipinski definition) is 5. The third-order valence-corrected chi connectivity index (χ3v) is 4.56. The first-order valence-electron chi connectivity index (χ1n) is 9.11. The van der Waals surface area contributed by atoms with Crippen LogP contribution in [0.3, 0.4) is 0 Å². The molecule has 0 bridgehead atoms. The van der Waals surface area contributed by atoms with Crippen molar-refractivity contribution >= 4 is 5.82 Å². The van der Waals surface area contributed by atoms with Crippen LogP contribution in [0.5, 0.6) is 0 Å². The van der Waals surface area contributed by atoms with Crippen LogP contribution in [-0.2, 0) is 17.8 Å². The average molecular weight is 367 g/mol. The zero-order valence-corrected chi connectivity index (χ0v) is 15.0. The fourth-order valence-electron chi connectivity index (χ4n) is 3.07. The molecule has 2 aromatic heterocycles. The Morgan fingerprint density at radius 3 is 2.52 bits per heavy atom. The van der Waals surface area contributed by atoms with Gasteiger partial charge in [-0.15, -0.1) is 0 Å². The number of halogens is 1. The van der Waals surface area contributed by atoms with Gasteiger partial charge < -0.3 is 19.4 Å². The van der Waals surface area contributed by atoms with Crippen LogP contribution in [0.1, 0.15) is 11.3 Å². The molecule has 1 N–H and O–H groups in total. The molecule has 0 aliphatic carbocycles. The number of furan rings is 1. The third-order valence-electron chi connectivity index (χ3n) is 4.56. The van der Waals surface area contributed by atoms with Crippen molar-refractivity contribution in [1.82, 2.24) is 10.3 Å². The topological polar surface area (TPSA) is 50.5 Å². The molecule has 0 radical (unpaired) electrons. The Morgan fingerprint density at radius 1 is 0.963 bits per heavy atom. The number of nitrogens with one attached hydrogen (secondary N) is 1. The number of rotatable bonds is 6. The molecule has 6 heteroatoms. The molecule has 0 unspecified atom stereocenters. The highest BCUT2D eigenvalue weighted by Crippen LogP contribution is 2.22. The largest absolute Gasteiger partial charge is 0.460 e. The number of benzene rings is 1. The minimum atomic E-state index is -0.250. The summed E-state index contributed by atoms with van der Waals surface area (Å²) in [5, 5.41) is 3.36. The van der Waals surface area contributed by atoms with Crippen LogP contribution in [0.25, 0.3) is 11.3 Å². The maximum Gasteiger partial charge on any atom is 0.134 e. The number of pyridine rings is 1. The van der Waals surface area contributed by atoms with Crippen LogP contribution in [0, 0.1) is 5.82 Å². The minimum absolute atomic E-state index is 0.250. The van der Waals surface area contributed by atoms with Crippen molar-refractivity contribution in [3.8, 4) is 11.3 Å². The molecule has 1 saturated heterocycles. The fraction of sp³-hybridized carbons (Fsp3) is 0.286. The quantitative estimate of drug-likeness (QED) is 0.721. The number of anilines is 1. The highest BCUT2D eigenvalue weighted by molar-refractivity contribution is 5.57. The Kier molecular flexibility index (Phi) is 5.46. The predicted molar refractivity (Wildman–Crippen MR) is 102 cm³/mol. The first-order chi connectivity index (χ1) is 13.3. The van der Waals surface area contributed by atoms with Crippen molar-refractivity contribution in [1.29, 1.82) is 0 Å². The van der Waals surface area contributed by atoms with E-state index in [4.69, 9.17) is 9.15 Å². The molecule has 3 heterocycles. The lowest BCUT2D eigenvalue weighted by molar-refractivity contribution is 0.122. The summed E-state index contributed by atoms with van der Waals surface area (Å²) in [7, 11) is 0. The highest BCUT2D eigenvalue weighted by atomic mass is 19.1. The van der Waals surface area contributed by atoms with E-state index in [0.717, 1.165) is 54.8 Å². The van der Waals surface area contributed by atoms with E-state index in [1.165, 1.54) is 12.1 Å². The molecule has 4 rings (SSSR count). The van der Waals surface area contributed by atoms with Crippen molar-refractivity contribution in [3.63, 3.8) is 0 Å². The highest BCUT2D eigenvalue weighted by Gasteiger charge is 2.12. The first kappa shape index (κ1) is 17.7. The van der Waals surface area contributed by atoms with Gasteiger partial charge in [-0.2, -0.15) is 0 Å². The normalized spacial score (nSPS) is 14.5. The molecule has 1 fully saturated rings. The number of ether oxygens (including phenoxy) is 1. The summed E-state index contributed by atoms with van der Waals surface area (Å²) in [4.78, 5) is 6.79. The fourth-order valence-corrected chi connectivity index (χ4v) is 3.07. The summed E-state index contributed by atoms with van der Waals surface area (Å²) in [6, 6.07) is 14.3. The molecule has 0 amide bonds. The molecule has 3 aromatic rings.